The quantitative estimate of drug-likeness (QED) is 0.674. The van der Waals surface area contributed by atoms with E-state index in [1.54, 1.807) is 31.2 Å². The molecule has 0 aromatic heterocycles. The SMILES string of the molecule is C[C@H](Oc1ccc(N(C)S(C)(=O)=O)cc1)C(=O)NCC1(c2ccccc2)CCOCC1. The molecule has 1 aliphatic heterocycles. The van der Waals surface area contributed by atoms with Gasteiger partial charge in [0.1, 0.15) is 5.75 Å². The maximum Gasteiger partial charge on any atom is 0.260 e. The standard InChI is InChI=1S/C23H30N2O5S/c1-18(30-21-11-9-20(10-12-21)25(2)31(3,27)28)22(26)24-17-23(13-15-29-16-14-23)19-7-5-4-6-8-19/h4-12,18H,13-17H2,1-3H3,(H,24,26)/t18-/m0/s1. The van der Waals surface area contributed by atoms with E-state index in [9.17, 15) is 13.2 Å². The number of carbonyl (C=O) groups is 1. The van der Waals surface area contributed by atoms with Gasteiger partial charge < -0.3 is 14.8 Å². The second-order valence-corrected chi connectivity index (χ2v) is 9.97. The number of ether oxygens (including phenoxy) is 2. The molecule has 8 heteroatoms. The van der Waals surface area contributed by atoms with E-state index in [1.807, 2.05) is 18.2 Å². The molecule has 3 rings (SSSR count). The minimum Gasteiger partial charge on any atom is -0.481 e. The minimum atomic E-state index is -3.33. The lowest BCUT2D eigenvalue weighted by Crippen LogP contribution is -2.47. The fourth-order valence-corrected chi connectivity index (χ4v) is 4.21. The molecule has 0 saturated carbocycles. The first kappa shape index (κ1) is 23.1. The zero-order valence-corrected chi connectivity index (χ0v) is 19.0. The van der Waals surface area contributed by atoms with Crippen molar-refractivity contribution in [1.29, 1.82) is 0 Å². The first-order chi connectivity index (χ1) is 14.7. The van der Waals surface area contributed by atoms with Crippen LogP contribution in [0.3, 0.4) is 0 Å². The highest BCUT2D eigenvalue weighted by molar-refractivity contribution is 7.92. The van der Waals surface area contributed by atoms with Crippen LogP contribution in [0.4, 0.5) is 5.69 Å². The minimum absolute atomic E-state index is 0.146. The third kappa shape index (κ3) is 5.77. The normalized spacial score (nSPS) is 16.9. The van der Waals surface area contributed by atoms with E-state index in [2.05, 4.69) is 17.4 Å². The van der Waals surface area contributed by atoms with Crippen LogP contribution in [-0.4, -0.2) is 53.5 Å². The number of hydrogen-bond acceptors (Lipinski definition) is 5. The number of rotatable bonds is 8. The molecule has 2 aromatic rings. The third-order valence-electron chi connectivity index (χ3n) is 5.82. The van der Waals surface area contributed by atoms with E-state index in [1.165, 1.54) is 16.9 Å². The average Bonchev–Trinajstić information content (AvgIpc) is 2.78. The molecule has 168 valence electrons. The van der Waals surface area contributed by atoms with Crippen LogP contribution in [0.2, 0.25) is 0 Å². The molecule has 1 amide bonds. The predicted molar refractivity (Wildman–Crippen MR) is 121 cm³/mol. The molecule has 0 spiro atoms. The van der Waals surface area contributed by atoms with Gasteiger partial charge in [-0.05, 0) is 49.6 Å². The number of sulfonamides is 1. The summed E-state index contributed by atoms with van der Waals surface area (Å²) in [6.45, 7) is 3.56. The molecule has 1 saturated heterocycles. The summed E-state index contributed by atoms with van der Waals surface area (Å²) in [5.74, 6) is 0.302. The van der Waals surface area contributed by atoms with E-state index in [0.29, 0.717) is 31.2 Å². The van der Waals surface area contributed by atoms with Gasteiger partial charge in [0.15, 0.2) is 6.10 Å². The van der Waals surface area contributed by atoms with Crippen molar-refractivity contribution < 1.29 is 22.7 Å². The van der Waals surface area contributed by atoms with Gasteiger partial charge in [-0.2, -0.15) is 0 Å². The molecule has 0 bridgehead atoms. The first-order valence-electron chi connectivity index (χ1n) is 10.3. The number of nitrogens with zero attached hydrogens (tertiary/aromatic N) is 1. The zero-order chi connectivity index (χ0) is 22.5. The summed E-state index contributed by atoms with van der Waals surface area (Å²) in [7, 11) is -1.85. The molecular weight excluding hydrogens is 416 g/mol. The highest BCUT2D eigenvalue weighted by Crippen LogP contribution is 2.34. The molecular formula is C23H30N2O5S. The van der Waals surface area contributed by atoms with Crippen molar-refractivity contribution in [1.82, 2.24) is 5.32 Å². The summed E-state index contributed by atoms with van der Waals surface area (Å²) >= 11 is 0. The Morgan fingerprint density at radius 2 is 1.74 bits per heavy atom. The van der Waals surface area contributed by atoms with Crippen LogP contribution in [0.1, 0.15) is 25.3 Å². The molecule has 1 aliphatic rings. The molecule has 1 heterocycles. The van der Waals surface area contributed by atoms with E-state index < -0.39 is 16.1 Å². The largest absolute Gasteiger partial charge is 0.481 e. The fourth-order valence-electron chi connectivity index (χ4n) is 3.71. The molecule has 1 atom stereocenters. The molecule has 1 N–H and O–H groups in total. The number of hydrogen-bond donors (Lipinski definition) is 1. The highest BCUT2D eigenvalue weighted by atomic mass is 32.2. The number of benzene rings is 2. The molecule has 1 fully saturated rings. The lowest BCUT2D eigenvalue weighted by atomic mass is 9.74. The molecule has 0 unspecified atom stereocenters. The Hall–Kier alpha value is -2.58. The van der Waals surface area contributed by atoms with Crippen molar-refractivity contribution in [2.24, 2.45) is 0 Å². The van der Waals surface area contributed by atoms with Crippen molar-refractivity contribution in [2.45, 2.75) is 31.3 Å². The van der Waals surface area contributed by atoms with Crippen LogP contribution < -0.4 is 14.4 Å². The van der Waals surface area contributed by atoms with Crippen molar-refractivity contribution in [3.63, 3.8) is 0 Å². The Morgan fingerprint density at radius 1 is 1.13 bits per heavy atom. The van der Waals surface area contributed by atoms with Gasteiger partial charge in [0, 0.05) is 32.2 Å². The summed E-state index contributed by atoms with van der Waals surface area (Å²) in [5.41, 5.74) is 1.58. The molecule has 2 aromatic carbocycles. The van der Waals surface area contributed by atoms with Crippen LogP contribution in [0, 0.1) is 0 Å². The third-order valence-corrected chi connectivity index (χ3v) is 7.02. The van der Waals surface area contributed by atoms with Gasteiger partial charge >= 0.3 is 0 Å². The Morgan fingerprint density at radius 3 is 2.32 bits per heavy atom. The van der Waals surface area contributed by atoms with Gasteiger partial charge in [0.2, 0.25) is 10.0 Å². The van der Waals surface area contributed by atoms with Gasteiger partial charge in [-0.25, -0.2) is 8.42 Å². The molecule has 31 heavy (non-hydrogen) atoms. The van der Waals surface area contributed by atoms with Crippen LogP contribution >= 0.6 is 0 Å². The Labute approximate surface area is 184 Å². The van der Waals surface area contributed by atoms with Gasteiger partial charge in [-0.15, -0.1) is 0 Å². The van der Waals surface area contributed by atoms with Gasteiger partial charge in [-0.1, -0.05) is 30.3 Å². The summed E-state index contributed by atoms with van der Waals surface area (Å²) < 4.78 is 35.8. The average molecular weight is 447 g/mol. The maximum atomic E-state index is 12.7. The maximum absolute atomic E-state index is 12.7. The lowest BCUT2D eigenvalue weighted by molar-refractivity contribution is -0.127. The topological polar surface area (TPSA) is 84.9 Å². The van der Waals surface area contributed by atoms with Crippen LogP contribution in [0.25, 0.3) is 0 Å². The number of nitrogens with one attached hydrogen (secondary N) is 1. The van der Waals surface area contributed by atoms with Crippen molar-refractivity contribution >= 4 is 21.6 Å². The van der Waals surface area contributed by atoms with Crippen LogP contribution in [-0.2, 0) is 25.0 Å². The van der Waals surface area contributed by atoms with Crippen LogP contribution in [0.15, 0.2) is 54.6 Å². The van der Waals surface area contributed by atoms with Gasteiger partial charge in [-0.3, -0.25) is 9.10 Å². The zero-order valence-electron chi connectivity index (χ0n) is 18.2. The Bertz CT molecular complexity index is 971. The Balaban J connectivity index is 1.61. The number of amides is 1. The smallest absolute Gasteiger partial charge is 0.260 e. The van der Waals surface area contributed by atoms with E-state index in [-0.39, 0.29) is 11.3 Å². The van der Waals surface area contributed by atoms with E-state index in [4.69, 9.17) is 9.47 Å². The Kier molecular flexibility index (Phi) is 7.23. The fraction of sp³-hybridized carbons (Fsp3) is 0.435. The molecule has 0 aliphatic carbocycles. The highest BCUT2D eigenvalue weighted by Gasteiger charge is 2.35. The van der Waals surface area contributed by atoms with Crippen molar-refractivity contribution in [3.8, 4) is 5.75 Å². The second kappa shape index (κ2) is 9.70. The number of carbonyl (C=O) groups excluding carboxylic acids is 1. The lowest BCUT2D eigenvalue weighted by Gasteiger charge is -2.38. The number of anilines is 1. The second-order valence-electron chi connectivity index (χ2n) is 7.96. The molecule has 0 radical (unpaired) electrons. The summed E-state index contributed by atoms with van der Waals surface area (Å²) in [5, 5.41) is 3.05. The van der Waals surface area contributed by atoms with Crippen molar-refractivity contribution in [3.05, 3.63) is 60.2 Å². The first-order valence-corrected chi connectivity index (χ1v) is 12.2. The van der Waals surface area contributed by atoms with Crippen molar-refractivity contribution in [2.75, 3.05) is 37.4 Å². The summed E-state index contributed by atoms with van der Waals surface area (Å²) in [6, 6.07) is 16.8. The monoisotopic (exact) mass is 446 g/mol. The van der Waals surface area contributed by atoms with Gasteiger partial charge in [0.25, 0.3) is 5.91 Å². The summed E-state index contributed by atoms with van der Waals surface area (Å²) in [6.07, 6.45) is 2.15. The van der Waals surface area contributed by atoms with E-state index >= 15 is 0 Å². The predicted octanol–water partition coefficient (Wildman–Crippen LogP) is 2.71. The van der Waals surface area contributed by atoms with Gasteiger partial charge in [0.05, 0.1) is 11.9 Å². The molecule has 7 nitrogen and oxygen atoms in total. The van der Waals surface area contributed by atoms with E-state index in [0.717, 1.165) is 19.1 Å². The summed E-state index contributed by atoms with van der Waals surface area (Å²) in [4.78, 5) is 12.7. The van der Waals surface area contributed by atoms with Crippen LogP contribution in [0.5, 0.6) is 5.75 Å².